The average molecular weight is 243 g/mol. The van der Waals surface area contributed by atoms with Gasteiger partial charge in [-0.1, -0.05) is 29.3 Å². The van der Waals surface area contributed by atoms with E-state index in [4.69, 9.17) is 5.11 Å². The number of hydrogen-bond acceptors (Lipinski definition) is 2. The zero-order valence-corrected chi connectivity index (χ0v) is 10.3. The average Bonchev–Trinajstić information content (AvgIpc) is 2.14. The van der Waals surface area contributed by atoms with Gasteiger partial charge in [0.15, 0.2) is 0 Å². The molecule has 0 fully saturated rings. The van der Waals surface area contributed by atoms with E-state index in [9.17, 15) is 8.78 Å². The van der Waals surface area contributed by atoms with E-state index in [1.807, 2.05) is 32.0 Å². The fraction of sp³-hybridized carbons (Fsp3) is 0.538. The zero-order chi connectivity index (χ0) is 12.8. The molecule has 0 amide bonds. The standard InChI is InChI=1S/C13H19F2NO/c1-10-5-11(2)7-12(6-10)8-16(3-4-17)9-13(14)15/h5-7,13,17H,3-4,8-9H2,1-2H3. The lowest BCUT2D eigenvalue weighted by molar-refractivity contribution is 0.0746. The molecule has 0 aliphatic heterocycles. The second kappa shape index (κ2) is 6.67. The number of benzene rings is 1. The fourth-order valence-corrected chi connectivity index (χ4v) is 1.99. The van der Waals surface area contributed by atoms with Crippen LogP contribution in [0.2, 0.25) is 0 Å². The van der Waals surface area contributed by atoms with Crippen molar-refractivity contribution in [3.8, 4) is 0 Å². The van der Waals surface area contributed by atoms with E-state index in [1.54, 1.807) is 4.90 Å². The van der Waals surface area contributed by atoms with Gasteiger partial charge in [0, 0.05) is 13.1 Å². The molecule has 0 spiro atoms. The molecule has 1 N–H and O–H groups in total. The summed E-state index contributed by atoms with van der Waals surface area (Å²) in [5, 5.41) is 8.85. The van der Waals surface area contributed by atoms with Gasteiger partial charge in [0.1, 0.15) is 0 Å². The summed E-state index contributed by atoms with van der Waals surface area (Å²) in [5.41, 5.74) is 3.26. The Morgan fingerprint density at radius 3 is 2.24 bits per heavy atom. The second-order valence-corrected chi connectivity index (χ2v) is 4.35. The number of rotatable bonds is 6. The van der Waals surface area contributed by atoms with Gasteiger partial charge in [0.25, 0.3) is 6.43 Å². The van der Waals surface area contributed by atoms with Gasteiger partial charge < -0.3 is 5.11 Å². The Labute approximate surface area is 101 Å². The number of aryl methyl sites for hydroxylation is 2. The van der Waals surface area contributed by atoms with Gasteiger partial charge in [-0.05, 0) is 19.4 Å². The van der Waals surface area contributed by atoms with Gasteiger partial charge in [-0.2, -0.15) is 0 Å². The quantitative estimate of drug-likeness (QED) is 0.829. The van der Waals surface area contributed by atoms with Gasteiger partial charge >= 0.3 is 0 Å². The van der Waals surface area contributed by atoms with Crippen LogP contribution in [0.1, 0.15) is 16.7 Å². The van der Waals surface area contributed by atoms with Crippen molar-refractivity contribution in [1.82, 2.24) is 4.90 Å². The lowest BCUT2D eigenvalue weighted by Crippen LogP contribution is -2.31. The van der Waals surface area contributed by atoms with Crippen LogP contribution in [0.3, 0.4) is 0 Å². The maximum absolute atomic E-state index is 12.3. The molecule has 0 saturated carbocycles. The highest BCUT2D eigenvalue weighted by atomic mass is 19.3. The molecule has 0 atom stereocenters. The Hall–Kier alpha value is -1.00. The molecule has 96 valence electrons. The zero-order valence-electron chi connectivity index (χ0n) is 10.3. The van der Waals surface area contributed by atoms with E-state index in [0.717, 1.165) is 16.7 Å². The molecule has 1 rings (SSSR count). The van der Waals surface area contributed by atoms with Crippen LogP contribution < -0.4 is 0 Å². The van der Waals surface area contributed by atoms with Crippen LogP contribution in [0, 0.1) is 13.8 Å². The summed E-state index contributed by atoms with van der Waals surface area (Å²) in [4.78, 5) is 1.57. The van der Waals surface area contributed by atoms with Crippen LogP contribution in [-0.4, -0.2) is 36.1 Å². The highest BCUT2D eigenvalue weighted by Crippen LogP contribution is 2.12. The Bertz CT molecular complexity index is 335. The van der Waals surface area contributed by atoms with Crippen LogP contribution in [0.25, 0.3) is 0 Å². The highest BCUT2D eigenvalue weighted by molar-refractivity contribution is 5.28. The molecule has 1 aromatic carbocycles. The first-order valence-electron chi connectivity index (χ1n) is 5.70. The molecule has 1 aromatic rings. The Morgan fingerprint density at radius 1 is 1.18 bits per heavy atom. The molecular formula is C13H19F2NO. The molecule has 0 radical (unpaired) electrons. The summed E-state index contributed by atoms with van der Waals surface area (Å²) >= 11 is 0. The summed E-state index contributed by atoms with van der Waals surface area (Å²) in [5.74, 6) is 0. The summed E-state index contributed by atoms with van der Waals surface area (Å²) in [6, 6.07) is 6.03. The van der Waals surface area contributed by atoms with Gasteiger partial charge in [-0.15, -0.1) is 0 Å². The van der Waals surface area contributed by atoms with Crippen LogP contribution in [-0.2, 0) is 6.54 Å². The fourth-order valence-electron chi connectivity index (χ4n) is 1.99. The largest absolute Gasteiger partial charge is 0.395 e. The second-order valence-electron chi connectivity index (χ2n) is 4.35. The van der Waals surface area contributed by atoms with E-state index in [0.29, 0.717) is 6.54 Å². The van der Waals surface area contributed by atoms with Gasteiger partial charge in [0.2, 0.25) is 0 Å². The van der Waals surface area contributed by atoms with Crippen molar-refractivity contribution in [1.29, 1.82) is 0 Å². The molecule has 0 aliphatic carbocycles. The number of alkyl halides is 2. The minimum absolute atomic E-state index is 0.0997. The van der Waals surface area contributed by atoms with Crippen molar-refractivity contribution >= 4 is 0 Å². The molecule has 0 aliphatic rings. The minimum Gasteiger partial charge on any atom is -0.395 e. The maximum Gasteiger partial charge on any atom is 0.251 e. The summed E-state index contributed by atoms with van der Waals surface area (Å²) in [7, 11) is 0. The van der Waals surface area contributed by atoms with Crippen molar-refractivity contribution in [2.75, 3.05) is 19.7 Å². The number of aliphatic hydroxyl groups excluding tert-OH is 1. The number of halogens is 2. The molecule has 0 aromatic heterocycles. The number of hydrogen-bond donors (Lipinski definition) is 1. The Kier molecular flexibility index (Phi) is 5.51. The predicted octanol–water partition coefficient (Wildman–Crippen LogP) is 2.36. The molecule has 2 nitrogen and oxygen atoms in total. The lowest BCUT2D eigenvalue weighted by atomic mass is 10.1. The third kappa shape index (κ3) is 5.24. The summed E-state index contributed by atoms with van der Waals surface area (Å²) in [6.45, 7) is 4.30. The van der Waals surface area contributed by atoms with Crippen LogP contribution >= 0.6 is 0 Å². The molecule has 0 unspecified atom stereocenters. The molecule has 0 saturated heterocycles. The van der Waals surface area contributed by atoms with Crippen LogP contribution in [0.15, 0.2) is 18.2 Å². The van der Waals surface area contributed by atoms with Crippen molar-refractivity contribution in [2.24, 2.45) is 0 Å². The van der Waals surface area contributed by atoms with Crippen molar-refractivity contribution in [2.45, 2.75) is 26.8 Å². The molecular weight excluding hydrogens is 224 g/mol. The third-order valence-electron chi connectivity index (χ3n) is 2.50. The maximum atomic E-state index is 12.3. The van der Waals surface area contributed by atoms with E-state index in [1.165, 1.54) is 0 Å². The summed E-state index contributed by atoms with van der Waals surface area (Å²) < 4.78 is 24.7. The first-order valence-corrected chi connectivity index (χ1v) is 5.70. The highest BCUT2D eigenvalue weighted by Gasteiger charge is 2.12. The molecule has 17 heavy (non-hydrogen) atoms. The molecule has 0 heterocycles. The van der Waals surface area contributed by atoms with Crippen molar-refractivity contribution < 1.29 is 13.9 Å². The van der Waals surface area contributed by atoms with Gasteiger partial charge in [0.05, 0.1) is 13.2 Å². The van der Waals surface area contributed by atoms with Gasteiger partial charge in [-0.25, -0.2) is 8.78 Å². The Balaban J connectivity index is 2.70. The lowest BCUT2D eigenvalue weighted by Gasteiger charge is -2.21. The van der Waals surface area contributed by atoms with Gasteiger partial charge in [-0.3, -0.25) is 4.90 Å². The third-order valence-corrected chi connectivity index (χ3v) is 2.50. The topological polar surface area (TPSA) is 23.5 Å². The van der Waals surface area contributed by atoms with Crippen molar-refractivity contribution in [3.63, 3.8) is 0 Å². The summed E-state index contributed by atoms with van der Waals surface area (Å²) in [6.07, 6.45) is -2.37. The SMILES string of the molecule is Cc1cc(C)cc(CN(CCO)CC(F)F)c1. The van der Waals surface area contributed by atoms with Crippen LogP contribution in [0.4, 0.5) is 8.78 Å². The number of aliphatic hydroxyl groups is 1. The molecule has 0 bridgehead atoms. The Morgan fingerprint density at radius 2 is 1.76 bits per heavy atom. The monoisotopic (exact) mass is 243 g/mol. The smallest absolute Gasteiger partial charge is 0.251 e. The molecule has 4 heteroatoms. The first-order chi connectivity index (χ1) is 8.01. The van der Waals surface area contributed by atoms with E-state index in [2.05, 4.69) is 0 Å². The van der Waals surface area contributed by atoms with Crippen molar-refractivity contribution in [3.05, 3.63) is 34.9 Å². The van der Waals surface area contributed by atoms with E-state index >= 15 is 0 Å². The first kappa shape index (κ1) is 14.1. The van der Waals surface area contributed by atoms with E-state index < -0.39 is 6.43 Å². The number of nitrogens with zero attached hydrogens (tertiary/aromatic N) is 1. The minimum atomic E-state index is -2.37. The predicted molar refractivity (Wildman–Crippen MR) is 64.3 cm³/mol. The van der Waals surface area contributed by atoms with Crippen LogP contribution in [0.5, 0.6) is 0 Å². The normalized spacial score (nSPS) is 11.5. The van der Waals surface area contributed by atoms with E-state index in [-0.39, 0.29) is 19.7 Å².